The van der Waals surface area contributed by atoms with Crippen molar-refractivity contribution < 1.29 is 9.18 Å². The molecule has 28 heavy (non-hydrogen) atoms. The summed E-state index contributed by atoms with van der Waals surface area (Å²) in [5, 5.41) is 4.33. The molecule has 1 aliphatic rings. The number of hydrogen-bond donors (Lipinski definition) is 0. The van der Waals surface area contributed by atoms with Crippen molar-refractivity contribution >= 4 is 5.78 Å². The van der Waals surface area contributed by atoms with Crippen LogP contribution in [0.4, 0.5) is 4.39 Å². The van der Waals surface area contributed by atoms with E-state index in [4.69, 9.17) is 0 Å². The molecule has 0 amide bonds. The molecule has 0 unspecified atom stereocenters. The number of aromatic nitrogens is 3. The largest absolute Gasteiger partial charge is 0.346 e. The zero-order valence-electron chi connectivity index (χ0n) is 15.7. The fourth-order valence-corrected chi connectivity index (χ4v) is 3.48. The minimum Gasteiger partial charge on any atom is -0.298 e. The van der Waals surface area contributed by atoms with Gasteiger partial charge in [-0.15, -0.1) is 5.10 Å². The third kappa shape index (κ3) is 3.67. The molecule has 0 radical (unpaired) electrons. The van der Waals surface area contributed by atoms with E-state index in [2.05, 4.69) is 5.10 Å². The molecular formula is C22H22FN3O2. The van der Waals surface area contributed by atoms with Gasteiger partial charge >= 0.3 is 5.69 Å². The van der Waals surface area contributed by atoms with Crippen molar-refractivity contribution in [1.82, 2.24) is 14.3 Å². The fraction of sp³-hybridized carbons (Fsp3) is 0.318. The van der Waals surface area contributed by atoms with Crippen LogP contribution >= 0.6 is 0 Å². The molecule has 1 fully saturated rings. The Morgan fingerprint density at radius 3 is 2.50 bits per heavy atom. The number of ketones is 1. The van der Waals surface area contributed by atoms with Crippen molar-refractivity contribution in [3.05, 3.63) is 76.5 Å². The second-order valence-corrected chi connectivity index (χ2v) is 7.40. The third-order valence-corrected chi connectivity index (χ3v) is 5.13. The summed E-state index contributed by atoms with van der Waals surface area (Å²) in [5.74, 6) is -0.139. The maximum Gasteiger partial charge on any atom is 0.346 e. The van der Waals surface area contributed by atoms with E-state index in [1.807, 2.05) is 37.3 Å². The van der Waals surface area contributed by atoms with Crippen LogP contribution in [0.25, 0.3) is 11.4 Å². The van der Waals surface area contributed by atoms with Crippen molar-refractivity contribution in [2.75, 3.05) is 0 Å². The van der Waals surface area contributed by atoms with Crippen LogP contribution in [0.5, 0.6) is 0 Å². The van der Waals surface area contributed by atoms with Gasteiger partial charge in [0, 0.05) is 12.5 Å². The Bertz CT molecular complexity index is 1050. The number of hydrogen-bond acceptors (Lipinski definition) is 3. The van der Waals surface area contributed by atoms with Gasteiger partial charge in [0.15, 0.2) is 11.6 Å². The Hall–Kier alpha value is -3.02. The highest BCUT2D eigenvalue weighted by atomic mass is 19.1. The second kappa shape index (κ2) is 7.54. The van der Waals surface area contributed by atoms with E-state index in [1.165, 1.54) is 15.3 Å². The first kappa shape index (κ1) is 18.3. The van der Waals surface area contributed by atoms with Crippen LogP contribution in [-0.2, 0) is 11.3 Å². The molecule has 1 saturated carbocycles. The number of carbonyl (C=O) groups is 1. The van der Waals surface area contributed by atoms with E-state index in [0.717, 1.165) is 18.4 Å². The predicted molar refractivity (Wildman–Crippen MR) is 105 cm³/mol. The molecule has 4 rings (SSSR count). The van der Waals surface area contributed by atoms with Gasteiger partial charge in [-0.2, -0.15) is 0 Å². The molecule has 0 N–H and O–H groups in total. The number of rotatable bonds is 7. The van der Waals surface area contributed by atoms with E-state index < -0.39 is 5.82 Å². The number of nitrogens with zero attached hydrogens (tertiary/aromatic N) is 3. The molecule has 0 aliphatic heterocycles. The minimum atomic E-state index is -0.425. The molecule has 3 aromatic rings. The second-order valence-electron chi connectivity index (χ2n) is 7.40. The van der Waals surface area contributed by atoms with Crippen molar-refractivity contribution in [2.45, 2.75) is 44.7 Å². The highest BCUT2D eigenvalue weighted by Crippen LogP contribution is 2.36. The normalized spacial score (nSPS) is 14.8. The smallest absolute Gasteiger partial charge is 0.298 e. The van der Waals surface area contributed by atoms with E-state index in [1.54, 1.807) is 18.2 Å². The lowest BCUT2D eigenvalue weighted by molar-refractivity contribution is -0.120. The first-order valence-corrected chi connectivity index (χ1v) is 9.55. The fourth-order valence-electron chi connectivity index (χ4n) is 3.48. The number of halogens is 1. The Morgan fingerprint density at radius 1 is 1.14 bits per heavy atom. The standard InChI is InChI=1S/C22H22FN3O2/c1-15(16-7-3-2-4-8-16)13-18(27)14-25-22(28)26(17-11-12-17)21(24-25)19-9-5-6-10-20(19)23/h2-10,15,17H,11-14H2,1H3/t15-/m0/s1. The van der Waals surface area contributed by atoms with Gasteiger partial charge in [0.25, 0.3) is 0 Å². The molecule has 1 aliphatic carbocycles. The molecule has 144 valence electrons. The van der Waals surface area contributed by atoms with Gasteiger partial charge in [-0.05, 0) is 36.5 Å². The lowest BCUT2D eigenvalue weighted by atomic mass is 9.96. The van der Waals surface area contributed by atoms with Gasteiger partial charge in [-0.3, -0.25) is 9.36 Å². The van der Waals surface area contributed by atoms with Crippen LogP contribution in [0.2, 0.25) is 0 Å². The highest BCUT2D eigenvalue weighted by molar-refractivity contribution is 5.79. The molecule has 1 atom stereocenters. The van der Waals surface area contributed by atoms with Crippen molar-refractivity contribution in [1.29, 1.82) is 0 Å². The Balaban J connectivity index is 1.59. The Morgan fingerprint density at radius 2 is 1.82 bits per heavy atom. The highest BCUT2D eigenvalue weighted by Gasteiger charge is 2.31. The predicted octanol–water partition coefficient (Wildman–Crippen LogP) is 3.95. The zero-order valence-corrected chi connectivity index (χ0v) is 15.7. The van der Waals surface area contributed by atoms with Crippen LogP contribution in [0.1, 0.15) is 43.7 Å². The SMILES string of the molecule is C[C@@H](CC(=O)Cn1nc(-c2ccccc2F)n(C2CC2)c1=O)c1ccccc1. The summed E-state index contributed by atoms with van der Waals surface area (Å²) in [6.07, 6.45) is 2.06. The van der Waals surface area contributed by atoms with Gasteiger partial charge in [0.2, 0.25) is 0 Å². The molecule has 6 heteroatoms. The maximum absolute atomic E-state index is 14.3. The van der Waals surface area contributed by atoms with E-state index in [0.29, 0.717) is 12.2 Å². The van der Waals surface area contributed by atoms with E-state index in [-0.39, 0.29) is 35.5 Å². The lowest BCUT2D eigenvalue weighted by Crippen LogP contribution is -2.28. The molecule has 0 bridgehead atoms. The summed E-state index contributed by atoms with van der Waals surface area (Å²) in [7, 11) is 0. The zero-order chi connectivity index (χ0) is 19.7. The number of carbonyl (C=O) groups excluding carboxylic acids is 1. The molecular weight excluding hydrogens is 357 g/mol. The van der Waals surface area contributed by atoms with Gasteiger partial charge < -0.3 is 0 Å². The van der Waals surface area contributed by atoms with E-state index in [9.17, 15) is 14.0 Å². The number of benzene rings is 2. The quantitative estimate of drug-likeness (QED) is 0.625. The van der Waals surface area contributed by atoms with Crippen molar-refractivity contribution in [2.24, 2.45) is 0 Å². The van der Waals surface area contributed by atoms with Crippen LogP contribution in [0.3, 0.4) is 0 Å². The van der Waals surface area contributed by atoms with Crippen molar-refractivity contribution in [3.8, 4) is 11.4 Å². The average molecular weight is 379 g/mol. The Labute approximate surface area is 162 Å². The van der Waals surface area contributed by atoms with Crippen LogP contribution < -0.4 is 5.69 Å². The van der Waals surface area contributed by atoms with Crippen molar-refractivity contribution in [3.63, 3.8) is 0 Å². The Kier molecular flexibility index (Phi) is 4.94. The molecule has 0 spiro atoms. The van der Waals surface area contributed by atoms with Crippen LogP contribution in [0, 0.1) is 5.82 Å². The first-order chi connectivity index (χ1) is 13.5. The summed E-state index contributed by atoms with van der Waals surface area (Å²) >= 11 is 0. The third-order valence-electron chi connectivity index (χ3n) is 5.13. The van der Waals surface area contributed by atoms with Gasteiger partial charge in [0.1, 0.15) is 12.4 Å². The lowest BCUT2D eigenvalue weighted by Gasteiger charge is -2.10. The molecule has 0 saturated heterocycles. The van der Waals surface area contributed by atoms with Gasteiger partial charge in [0.05, 0.1) is 5.56 Å². The summed E-state index contributed by atoms with van der Waals surface area (Å²) in [6, 6.07) is 16.1. The van der Waals surface area contributed by atoms with E-state index >= 15 is 0 Å². The van der Waals surface area contributed by atoms with Crippen LogP contribution in [-0.4, -0.2) is 20.1 Å². The summed E-state index contributed by atoms with van der Waals surface area (Å²) in [4.78, 5) is 25.4. The first-order valence-electron chi connectivity index (χ1n) is 9.55. The maximum atomic E-state index is 14.3. The molecule has 1 heterocycles. The monoisotopic (exact) mass is 379 g/mol. The summed E-state index contributed by atoms with van der Waals surface area (Å²) < 4.78 is 17.0. The molecule has 2 aromatic carbocycles. The number of Topliss-reactive ketones (excluding diaryl/α,β-unsaturated/α-hetero) is 1. The van der Waals surface area contributed by atoms with Gasteiger partial charge in [-0.25, -0.2) is 13.9 Å². The average Bonchev–Trinajstić information content (AvgIpc) is 3.48. The summed E-state index contributed by atoms with van der Waals surface area (Å²) in [6.45, 7) is 1.89. The molecule has 5 nitrogen and oxygen atoms in total. The van der Waals surface area contributed by atoms with Crippen LogP contribution in [0.15, 0.2) is 59.4 Å². The topological polar surface area (TPSA) is 56.9 Å². The molecule has 1 aromatic heterocycles. The van der Waals surface area contributed by atoms with Gasteiger partial charge in [-0.1, -0.05) is 49.4 Å². The summed E-state index contributed by atoms with van der Waals surface area (Å²) in [5.41, 5.74) is 1.02. The minimum absolute atomic E-state index is 0.0363.